The van der Waals surface area contributed by atoms with E-state index in [2.05, 4.69) is 6.92 Å². The first kappa shape index (κ1) is 19.5. The first-order valence-corrected chi connectivity index (χ1v) is 9.15. The number of carbonyl (C=O) groups is 1. The van der Waals surface area contributed by atoms with Gasteiger partial charge in [0.2, 0.25) is 5.41 Å². The SMILES string of the molecule is CCCCCCCCC(C)=CC(=O)[Si](OC)(OC)OC. The minimum Gasteiger partial charge on any atom is -0.372 e. The van der Waals surface area contributed by atoms with Crippen molar-refractivity contribution in [3.63, 3.8) is 0 Å². The molecule has 0 spiro atoms. The van der Waals surface area contributed by atoms with Crippen LogP contribution in [-0.4, -0.2) is 35.5 Å². The third kappa shape index (κ3) is 6.79. The van der Waals surface area contributed by atoms with Gasteiger partial charge in [-0.3, -0.25) is 4.79 Å². The van der Waals surface area contributed by atoms with Crippen LogP contribution in [0.15, 0.2) is 11.6 Å². The van der Waals surface area contributed by atoms with Gasteiger partial charge in [-0.05, 0) is 25.8 Å². The zero-order chi connectivity index (χ0) is 15.4. The van der Waals surface area contributed by atoms with Gasteiger partial charge in [0, 0.05) is 21.3 Å². The van der Waals surface area contributed by atoms with Gasteiger partial charge in [0.15, 0.2) is 0 Å². The number of unbranched alkanes of at least 4 members (excludes halogenated alkanes) is 5. The molecule has 0 atom stereocenters. The van der Waals surface area contributed by atoms with E-state index in [4.69, 9.17) is 13.3 Å². The lowest BCUT2D eigenvalue weighted by atomic mass is 10.1. The second-order valence-electron chi connectivity index (χ2n) is 5.04. The van der Waals surface area contributed by atoms with Gasteiger partial charge in [-0.15, -0.1) is 0 Å². The van der Waals surface area contributed by atoms with Crippen molar-refractivity contribution in [2.75, 3.05) is 21.3 Å². The number of hydrogen-bond donors (Lipinski definition) is 0. The van der Waals surface area contributed by atoms with Crippen molar-refractivity contribution in [3.05, 3.63) is 11.6 Å². The fourth-order valence-electron chi connectivity index (χ4n) is 2.12. The summed E-state index contributed by atoms with van der Waals surface area (Å²) in [6, 6.07) is 0. The Morgan fingerprint density at radius 2 is 1.45 bits per heavy atom. The second-order valence-corrected chi connectivity index (χ2v) is 7.87. The zero-order valence-corrected chi connectivity index (χ0v) is 14.7. The Kier molecular flexibility index (Phi) is 10.9. The molecule has 0 aromatic heterocycles. The fourth-order valence-corrected chi connectivity index (χ4v) is 3.65. The molecule has 0 amide bonds. The van der Waals surface area contributed by atoms with E-state index in [-0.39, 0.29) is 5.41 Å². The third-order valence-corrected chi connectivity index (χ3v) is 5.77. The van der Waals surface area contributed by atoms with Crippen LogP contribution in [0.5, 0.6) is 0 Å². The standard InChI is InChI=1S/C15H30O4Si/c1-6-7-8-9-10-11-12-14(2)13-15(16)20(17-3,18-4)19-5/h13H,6-12H2,1-5H3. The molecule has 0 saturated heterocycles. The number of carbonyl (C=O) groups excluding carboxylic acids is 1. The predicted molar refractivity (Wildman–Crippen MR) is 83.5 cm³/mol. The van der Waals surface area contributed by atoms with Gasteiger partial charge in [-0.25, -0.2) is 0 Å². The lowest BCUT2D eigenvalue weighted by Crippen LogP contribution is -2.50. The second kappa shape index (κ2) is 11.2. The molecule has 0 aromatic rings. The highest BCUT2D eigenvalue weighted by Crippen LogP contribution is 2.14. The Bertz CT molecular complexity index is 290. The van der Waals surface area contributed by atoms with E-state index in [0.717, 1.165) is 18.4 Å². The highest BCUT2D eigenvalue weighted by Gasteiger charge is 2.46. The molecular weight excluding hydrogens is 272 g/mol. The molecule has 0 aliphatic heterocycles. The van der Waals surface area contributed by atoms with Crippen molar-refractivity contribution in [2.45, 2.75) is 58.8 Å². The average molecular weight is 302 g/mol. The highest BCUT2D eigenvalue weighted by molar-refractivity contribution is 6.94. The molecule has 0 rings (SSSR count). The topological polar surface area (TPSA) is 44.8 Å². The molecule has 0 aliphatic rings. The van der Waals surface area contributed by atoms with Crippen LogP contribution >= 0.6 is 0 Å². The fraction of sp³-hybridized carbons (Fsp3) is 0.800. The summed E-state index contributed by atoms with van der Waals surface area (Å²) in [6.07, 6.45) is 10.1. The van der Waals surface area contributed by atoms with Crippen molar-refractivity contribution in [1.82, 2.24) is 0 Å². The molecule has 0 aromatic carbocycles. The van der Waals surface area contributed by atoms with Gasteiger partial charge < -0.3 is 13.3 Å². The molecule has 0 N–H and O–H groups in total. The van der Waals surface area contributed by atoms with Crippen LogP contribution in [0, 0.1) is 0 Å². The van der Waals surface area contributed by atoms with Crippen LogP contribution in [0.1, 0.15) is 58.8 Å². The molecule has 5 heteroatoms. The Morgan fingerprint density at radius 3 is 1.95 bits per heavy atom. The van der Waals surface area contributed by atoms with Crippen molar-refractivity contribution >= 4 is 14.2 Å². The summed E-state index contributed by atoms with van der Waals surface area (Å²) in [6.45, 7) is 4.19. The largest absolute Gasteiger partial charge is 0.578 e. The maximum Gasteiger partial charge on any atom is 0.578 e. The van der Waals surface area contributed by atoms with Crippen molar-refractivity contribution < 1.29 is 18.1 Å². The summed E-state index contributed by atoms with van der Waals surface area (Å²) in [7, 11) is 1.19. The van der Waals surface area contributed by atoms with Gasteiger partial charge in [-0.1, -0.05) is 44.6 Å². The average Bonchev–Trinajstić information content (AvgIpc) is 2.45. The normalized spacial score (nSPS) is 12.8. The zero-order valence-electron chi connectivity index (χ0n) is 13.7. The summed E-state index contributed by atoms with van der Waals surface area (Å²) in [5, 5.41) is -0.173. The lowest BCUT2D eigenvalue weighted by Gasteiger charge is -2.21. The summed E-state index contributed by atoms with van der Waals surface area (Å²) < 4.78 is 15.5. The highest BCUT2D eigenvalue weighted by atomic mass is 28.4. The molecule has 4 nitrogen and oxygen atoms in total. The van der Waals surface area contributed by atoms with Crippen LogP contribution in [0.3, 0.4) is 0 Å². The minimum atomic E-state index is -3.16. The van der Waals surface area contributed by atoms with Crippen LogP contribution < -0.4 is 0 Å². The van der Waals surface area contributed by atoms with Crippen molar-refractivity contribution in [3.8, 4) is 0 Å². The van der Waals surface area contributed by atoms with Gasteiger partial charge in [0.1, 0.15) is 0 Å². The molecule has 0 radical (unpaired) electrons. The van der Waals surface area contributed by atoms with Crippen LogP contribution in [0.25, 0.3) is 0 Å². The summed E-state index contributed by atoms with van der Waals surface area (Å²) in [5.41, 5.74) is 1.06. The molecule has 0 bridgehead atoms. The van der Waals surface area contributed by atoms with Crippen LogP contribution in [0.2, 0.25) is 0 Å². The van der Waals surface area contributed by atoms with Gasteiger partial charge in [0.25, 0.3) is 0 Å². The van der Waals surface area contributed by atoms with Crippen molar-refractivity contribution in [2.24, 2.45) is 0 Å². The lowest BCUT2D eigenvalue weighted by molar-refractivity contribution is -0.114. The van der Waals surface area contributed by atoms with E-state index in [9.17, 15) is 4.79 Å². The molecule has 0 heterocycles. The molecule has 118 valence electrons. The minimum absolute atomic E-state index is 0.173. The van der Waals surface area contributed by atoms with Crippen LogP contribution in [-0.2, 0) is 18.1 Å². The monoisotopic (exact) mass is 302 g/mol. The van der Waals surface area contributed by atoms with Gasteiger partial charge in [-0.2, -0.15) is 0 Å². The summed E-state index contributed by atoms with van der Waals surface area (Å²) in [5.74, 6) is 0. The number of allylic oxidation sites excluding steroid dienone is 2. The van der Waals surface area contributed by atoms with E-state index < -0.39 is 8.80 Å². The third-order valence-electron chi connectivity index (χ3n) is 3.41. The Labute approximate surface area is 124 Å². The maximum atomic E-state index is 12.2. The molecule has 0 fully saturated rings. The van der Waals surface area contributed by atoms with Crippen molar-refractivity contribution in [1.29, 1.82) is 0 Å². The van der Waals surface area contributed by atoms with Gasteiger partial charge >= 0.3 is 8.80 Å². The molecular formula is C15H30O4Si. The Morgan fingerprint density at radius 1 is 0.950 bits per heavy atom. The van der Waals surface area contributed by atoms with E-state index in [1.165, 1.54) is 53.4 Å². The predicted octanol–water partition coefficient (Wildman–Crippen LogP) is 3.67. The first-order chi connectivity index (χ1) is 9.56. The smallest absolute Gasteiger partial charge is 0.372 e. The van der Waals surface area contributed by atoms with Gasteiger partial charge in [0.05, 0.1) is 0 Å². The summed E-state index contributed by atoms with van der Waals surface area (Å²) in [4.78, 5) is 12.2. The molecule has 0 aliphatic carbocycles. The molecule has 0 unspecified atom stereocenters. The first-order valence-electron chi connectivity index (χ1n) is 7.43. The summed E-state index contributed by atoms with van der Waals surface area (Å²) >= 11 is 0. The Balaban J connectivity index is 4.19. The molecule has 20 heavy (non-hydrogen) atoms. The van der Waals surface area contributed by atoms with E-state index in [0.29, 0.717) is 0 Å². The Hall–Kier alpha value is -0.493. The molecule has 0 saturated carbocycles. The van der Waals surface area contributed by atoms with Crippen LogP contribution in [0.4, 0.5) is 0 Å². The van der Waals surface area contributed by atoms with E-state index >= 15 is 0 Å². The van der Waals surface area contributed by atoms with E-state index in [1.54, 1.807) is 6.08 Å². The number of rotatable bonds is 12. The van der Waals surface area contributed by atoms with E-state index in [1.807, 2.05) is 6.92 Å². The quantitative estimate of drug-likeness (QED) is 0.313. The maximum absolute atomic E-state index is 12.2. The number of hydrogen-bond acceptors (Lipinski definition) is 4.